The highest BCUT2D eigenvalue weighted by Crippen LogP contribution is 2.27. The molecule has 174 valence electrons. The van der Waals surface area contributed by atoms with Gasteiger partial charge < -0.3 is 24.3 Å². The summed E-state index contributed by atoms with van der Waals surface area (Å²) in [7, 11) is 3.72. The number of amides is 1. The van der Waals surface area contributed by atoms with Crippen LogP contribution in [0.25, 0.3) is 0 Å². The number of nitrogens with zero attached hydrogens (tertiary/aromatic N) is 1. The second-order valence-corrected chi connectivity index (χ2v) is 8.04. The summed E-state index contributed by atoms with van der Waals surface area (Å²) in [4.78, 5) is 14.6. The van der Waals surface area contributed by atoms with E-state index >= 15 is 0 Å². The molecule has 0 spiro atoms. The van der Waals surface area contributed by atoms with Crippen molar-refractivity contribution in [2.45, 2.75) is 32.4 Å². The lowest BCUT2D eigenvalue weighted by molar-refractivity contribution is -0.123. The third kappa shape index (κ3) is 7.43. The van der Waals surface area contributed by atoms with Crippen molar-refractivity contribution in [3.8, 4) is 17.2 Å². The van der Waals surface area contributed by atoms with Gasteiger partial charge in [-0.1, -0.05) is 18.2 Å². The van der Waals surface area contributed by atoms with Crippen LogP contribution in [0.3, 0.4) is 0 Å². The van der Waals surface area contributed by atoms with E-state index in [0.717, 1.165) is 49.5 Å². The van der Waals surface area contributed by atoms with Crippen LogP contribution in [0.15, 0.2) is 42.5 Å². The molecule has 0 radical (unpaired) electrons. The van der Waals surface area contributed by atoms with Gasteiger partial charge in [0, 0.05) is 32.3 Å². The standard InChI is InChI=1S/C25H34N2O5/c1-19-7-8-23(24(15-19)29-3)32-18-25(28)26-17-20-5-4-6-22(16-20)31-14-11-27(2)21-9-12-30-13-10-21/h4-8,15-16,21H,9-14,17-18H2,1-3H3,(H,26,28). The molecule has 7 heteroatoms. The Hall–Kier alpha value is -2.77. The molecule has 1 heterocycles. The van der Waals surface area contributed by atoms with Crippen molar-refractivity contribution in [2.24, 2.45) is 0 Å². The molecule has 1 N–H and O–H groups in total. The first-order valence-corrected chi connectivity index (χ1v) is 11.1. The summed E-state index contributed by atoms with van der Waals surface area (Å²) in [5.74, 6) is 1.77. The zero-order valence-corrected chi connectivity index (χ0v) is 19.3. The quantitative estimate of drug-likeness (QED) is 0.577. The molecule has 1 saturated heterocycles. The van der Waals surface area contributed by atoms with E-state index in [9.17, 15) is 4.79 Å². The molecule has 1 fully saturated rings. The summed E-state index contributed by atoms with van der Waals surface area (Å²) < 4.78 is 22.3. The monoisotopic (exact) mass is 442 g/mol. The van der Waals surface area contributed by atoms with E-state index in [4.69, 9.17) is 18.9 Å². The Kier molecular flexibility index (Phi) is 9.19. The highest BCUT2D eigenvalue weighted by Gasteiger charge is 2.18. The van der Waals surface area contributed by atoms with Crippen LogP contribution in [-0.2, 0) is 16.1 Å². The first-order chi connectivity index (χ1) is 15.5. The predicted molar refractivity (Wildman–Crippen MR) is 123 cm³/mol. The van der Waals surface area contributed by atoms with Gasteiger partial charge in [0.25, 0.3) is 5.91 Å². The molecule has 32 heavy (non-hydrogen) atoms. The topological polar surface area (TPSA) is 69.3 Å². The Morgan fingerprint density at radius 1 is 1.12 bits per heavy atom. The van der Waals surface area contributed by atoms with Gasteiger partial charge in [0.05, 0.1) is 7.11 Å². The second-order valence-electron chi connectivity index (χ2n) is 8.04. The average molecular weight is 443 g/mol. The molecule has 1 aliphatic heterocycles. The van der Waals surface area contributed by atoms with Crippen LogP contribution in [0.5, 0.6) is 17.2 Å². The van der Waals surface area contributed by atoms with E-state index in [1.165, 1.54) is 0 Å². The van der Waals surface area contributed by atoms with Crippen LogP contribution in [0, 0.1) is 6.92 Å². The van der Waals surface area contributed by atoms with E-state index in [2.05, 4.69) is 17.3 Å². The molecule has 2 aromatic carbocycles. The van der Waals surface area contributed by atoms with E-state index in [-0.39, 0.29) is 12.5 Å². The Balaban J connectivity index is 1.40. The lowest BCUT2D eigenvalue weighted by Gasteiger charge is -2.31. The van der Waals surface area contributed by atoms with E-state index in [1.54, 1.807) is 7.11 Å². The van der Waals surface area contributed by atoms with Crippen molar-refractivity contribution < 1.29 is 23.7 Å². The molecule has 0 aromatic heterocycles. The SMILES string of the molecule is COc1cc(C)ccc1OCC(=O)NCc1cccc(OCCN(C)C2CCOCC2)c1. The smallest absolute Gasteiger partial charge is 0.258 e. The molecular formula is C25H34N2O5. The van der Waals surface area contributed by atoms with Gasteiger partial charge >= 0.3 is 0 Å². The van der Waals surface area contributed by atoms with Crippen LogP contribution in [0.4, 0.5) is 0 Å². The molecule has 0 saturated carbocycles. The van der Waals surface area contributed by atoms with Gasteiger partial charge in [0.1, 0.15) is 12.4 Å². The normalized spacial score (nSPS) is 14.2. The van der Waals surface area contributed by atoms with Crippen LogP contribution >= 0.6 is 0 Å². The number of ether oxygens (including phenoxy) is 4. The van der Waals surface area contributed by atoms with Crippen LogP contribution in [-0.4, -0.2) is 64.0 Å². The van der Waals surface area contributed by atoms with Crippen molar-refractivity contribution in [2.75, 3.05) is 47.1 Å². The van der Waals surface area contributed by atoms with Crippen LogP contribution in [0.1, 0.15) is 24.0 Å². The third-order valence-electron chi connectivity index (χ3n) is 5.59. The number of benzene rings is 2. The minimum absolute atomic E-state index is 0.0752. The number of hydrogen-bond donors (Lipinski definition) is 1. The summed E-state index contributed by atoms with van der Waals surface area (Å²) >= 11 is 0. The number of rotatable bonds is 11. The molecule has 2 aromatic rings. The molecule has 0 unspecified atom stereocenters. The molecule has 0 bridgehead atoms. The number of hydrogen-bond acceptors (Lipinski definition) is 6. The summed E-state index contributed by atoms with van der Waals surface area (Å²) in [6, 6.07) is 14.0. The van der Waals surface area contributed by atoms with Gasteiger partial charge in [-0.2, -0.15) is 0 Å². The maximum Gasteiger partial charge on any atom is 0.258 e. The van der Waals surface area contributed by atoms with Crippen LogP contribution < -0.4 is 19.5 Å². The maximum absolute atomic E-state index is 12.2. The number of likely N-dealkylation sites (N-methyl/N-ethyl adjacent to an activating group) is 1. The van der Waals surface area contributed by atoms with Crippen molar-refractivity contribution in [1.82, 2.24) is 10.2 Å². The summed E-state index contributed by atoms with van der Waals surface area (Å²) in [6.07, 6.45) is 2.15. The number of aryl methyl sites for hydroxylation is 1. The van der Waals surface area contributed by atoms with Crippen molar-refractivity contribution in [3.05, 3.63) is 53.6 Å². The Labute approximate surface area is 190 Å². The number of methoxy groups -OCH3 is 1. The van der Waals surface area contributed by atoms with E-state index < -0.39 is 0 Å². The fraction of sp³-hybridized carbons (Fsp3) is 0.480. The van der Waals surface area contributed by atoms with Gasteiger partial charge in [-0.05, 0) is 62.2 Å². The van der Waals surface area contributed by atoms with Crippen molar-refractivity contribution in [3.63, 3.8) is 0 Å². The molecule has 3 rings (SSSR count). The molecule has 0 atom stereocenters. The third-order valence-corrected chi connectivity index (χ3v) is 5.59. The fourth-order valence-electron chi connectivity index (χ4n) is 3.65. The first-order valence-electron chi connectivity index (χ1n) is 11.1. The summed E-state index contributed by atoms with van der Waals surface area (Å²) in [5.41, 5.74) is 2.04. The number of carbonyl (C=O) groups is 1. The fourth-order valence-corrected chi connectivity index (χ4v) is 3.65. The maximum atomic E-state index is 12.2. The lowest BCUT2D eigenvalue weighted by atomic mass is 10.1. The number of nitrogens with one attached hydrogen (secondary N) is 1. The van der Waals surface area contributed by atoms with Crippen LogP contribution in [0.2, 0.25) is 0 Å². The first kappa shape index (κ1) is 23.9. The van der Waals surface area contributed by atoms with Gasteiger partial charge in [-0.15, -0.1) is 0 Å². The lowest BCUT2D eigenvalue weighted by Crippen LogP contribution is -2.38. The zero-order chi connectivity index (χ0) is 22.8. The van der Waals surface area contributed by atoms with Crippen molar-refractivity contribution >= 4 is 5.91 Å². The van der Waals surface area contributed by atoms with E-state index in [1.807, 2.05) is 49.4 Å². The second kappa shape index (κ2) is 12.3. The molecule has 1 amide bonds. The summed E-state index contributed by atoms with van der Waals surface area (Å²) in [6.45, 7) is 5.48. The average Bonchev–Trinajstić information content (AvgIpc) is 2.82. The molecule has 7 nitrogen and oxygen atoms in total. The largest absolute Gasteiger partial charge is 0.493 e. The van der Waals surface area contributed by atoms with Gasteiger partial charge in [0.15, 0.2) is 18.1 Å². The molecular weight excluding hydrogens is 408 g/mol. The Morgan fingerprint density at radius 3 is 2.72 bits per heavy atom. The van der Waals surface area contributed by atoms with Gasteiger partial charge in [-0.25, -0.2) is 0 Å². The highest BCUT2D eigenvalue weighted by molar-refractivity contribution is 5.77. The van der Waals surface area contributed by atoms with E-state index in [0.29, 0.717) is 30.7 Å². The zero-order valence-electron chi connectivity index (χ0n) is 19.3. The Morgan fingerprint density at radius 2 is 1.94 bits per heavy atom. The van der Waals surface area contributed by atoms with Gasteiger partial charge in [0.2, 0.25) is 0 Å². The number of carbonyl (C=O) groups excluding carboxylic acids is 1. The minimum Gasteiger partial charge on any atom is -0.493 e. The van der Waals surface area contributed by atoms with Crippen molar-refractivity contribution in [1.29, 1.82) is 0 Å². The summed E-state index contributed by atoms with van der Waals surface area (Å²) in [5, 5.41) is 2.88. The Bertz CT molecular complexity index is 867. The molecule has 0 aliphatic carbocycles. The minimum atomic E-state index is -0.197. The predicted octanol–water partition coefficient (Wildman–Crippen LogP) is 3.19. The highest BCUT2D eigenvalue weighted by atomic mass is 16.5. The van der Waals surface area contributed by atoms with Gasteiger partial charge in [-0.3, -0.25) is 9.69 Å². The molecule has 1 aliphatic rings.